The van der Waals surface area contributed by atoms with Crippen molar-refractivity contribution in [2.75, 3.05) is 18.4 Å². The van der Waals surface area contributed by atoms with E-state index in [1.54, 1.807) is 11.1 Å². The van der Waals surface area contributed by atoms with Gasteiger partial charge < -0.3 is 20.5 Å². The lowest BCUT2D eigenvalue weighted by molar-refractivity contribution is -0.135. The van der Waals surface area contributed by atoms with E-state index in [0.717, 1.165) is 12.8 Å². The number of halogens is 3. The Hall–Kier alpha value is -3.11. The fraction of sp³-hybridized carbons (Fsp3) is 0.500. The van der Waals surface area contributed by atoms with Gasteiger partial charge in [-0.2, -0.15) is 13.2 Å². The molecule has 0 spiro atoms. The lowest BCUT2D eigenvalue weighted by Crippen LogP contribution is -2.47. The molecule has 2 amide bonds. The molecule has 1 aliphatic rings. The first-order valence-corrected chi connectivity index (χ1v) is 10.1. The minimum Gasteiger partial charge on any atom is -0.366 e. The van der Waals surface area contributed by atoms with Crippen LogP contribution in [0.15, 0.2) is 25.0 Å². The summed E-state index contributed by atoms with van der Waals surface area (Å²) in [5.74, 6) is -0.117. The van der Waals surface area contributed by atoms with Crippen molar-refractivity contribution in [3.8, 4) is 0 Å². The van der Waals surface area contributed by atoms with Crippen molar-refractivity contribution in [3.05, 3.63) is 30.6 Å². The summed E-state index contributed by atoms with van der Waals surface area (Å²) in [5, 5.41) is 5.78. The number of piperidine rings is 1. The van der Waals surface area contributed by atoms with Crippen LogP contribution in [0.3, 0.4) is 0 Å². The molecule has 3 N–H and O–H groups in total. The van der Waals surface area contributed by atoms with Gasteiger partial charge in [-0.3, -0.25) is 9.59 Å². The highest BCUT2D eigenvalue weighted by Gasteiger charge is 2.28. The number of aromatic amines is 1. The predicted octanol–water partition coefficient (Wildman–Crippen LogP) is 3.01. The van der Waals surface area contributed by atoms with E-state index in [2.05, 4.69) is 32.2 Å². The van der Waals surface area contributed by atoms with Crippen molar-refractivity contribution in [2.24, 2.45) is 0 Å². The van der Waals surface area contributed by atoms with Gasteiger partial charge in [0.05, 0.1) is 11.8 Å². The predicted molar refractivity (Wildman–Crippen MR) is 110 cm³/mol. The molecule has 2 unspecified atom stereocenters. The number of carbonyl (C=O) groups excluding carboxylic acids is 2. The minimum atomic E-state index is -4.25. The van der Waals surface area contributed by atoms with Crippen LogP contribution in [0.25, 0.3) is 11.2 Å². The monoisotopic (exact) mass is 438 g/mol. The Kier molecular flexibility index (Phi) is 6.81. The van der Waals surface area contributed by atoms with Crippen LogP contribution in [0.2, 0.25) is 0 Å². The van der Waals surface area contributed by atoms with Crippen LogP contribution >= 0.6 is 0 Å². The first-order valence-electron chi connectivity index (χ1n) is 10.1. The Morgan fingerprint density at radius 2 is 2.19 bits per heavy atom. The number of amides is 2. The number of aromatic nitrogens is 3. The van der Waals surface area contributed by atoms with Gasteiger partial charge >= 0.3 is 6.18 Å². The molecule has 0 radical (unpaired) electrons. The summed E-state index contributed by atoms with van der Waals surface area (Å²) in [6, 6.07) is 0.118. The third-order valence-electron chi connectivity index (χ3n) is 5.23. The number of fused-ring (bicyclic) bond motifs is 1. The summed E-state index contributed by atoms with van der Waals surface area (Å²) >= 11 is 0. The summed E-state index contributed by atoms with van der Waals surface area (Å²) in [7, 11) is 0. The SMILES string of the molecule is C=CC(=O)N1CCC(Nc2cnc3[nH]cc(C(=O)NCCCC(F)(F)F)c3n2)CC1C. The summed E-state index contributed by atoms with van der Waals surface area (Å²) in [6.45, 7) is 6.00. The summed E-state index contributed by atoms with van der Waals surface area (Å²) < 4.78 is 36.7. The average Bonchev–Trinajstić information content (AvgIpc) is 3.13. The fourth-order valence-electron chi connectivity index (χ4n) is 3.68. The van der Waals surface area contributed by atoms with Crippen LogP contribution < -0.4 is 10.6 Å². The molecule has 3 heterocycles. The van der Waals surface area contributed by atoms with E-state index >= 15 is 0 Å². The minimum absolute atomic E-state index is 0.0405. The first-order chi connectivity index (χ1) is 14.7. The molecule has 2 aromatic heterocycles. The number of rotatable bonds is 7. The van der Waals surface area contributed by atoms with E-state index in [-0.39, 0.29) is 36.5 Å². The van der Waals surface area contributed by atoms with Crippen LogP contribution in [-0.4, -0.2) is 63.0 Å². The van der Waals surface area contributed by atoms with Gasteiger partial charge in [-0.15, -0.1) is 0 Å². The zero-order valence-corrected chi connectivity index (χ0v) is 17.1. The maximum Gasteiger partial charge on any atom is 0.389 e. The number of carbonyl (C=O) groups is 2. The zero-order valence-electron chi connectivity index (χ0n) is 17.1. The summed E-state index contributed by atoms with van der Waals surface area (Å²) in [5.41, 5.74) is 0.967. The van der Waals surface area contributed by atoms with Gasteiger partial charge in [0.2, 0.25) is 5.91 Å². The lowest BCUT2D eigenvalue weighted by atomic mass is 9.98. The van der Waals surface area contributed by atoms with Gasteiger partial charge in [-0.25, -0.2) is 9.97 Å². The third-order valence-corrected chi connectivity index (χ3v) is 5.23. The van der Waals surface area contributed by atoms with Gasteiger partial charge in [0.25, 0.3) is 5.91 Å². The highest BCUT2D eigenvalue weighted by molar-refractivity contribution is 6.04. The van der Waals surface area contributed by atoms with Crippen LogP contribution in [0.1, 0.15) is 43.0 Å². The second-order valence-electron chi connectivity index (χ2n) is 7.58. The maximum absolute atomic E-state index is 12.4. The molecule has 8 nitrogen and oxygen atoms in total. The second-order valence-corrected chi connectivity index (χ2v) is 7.58. The highest BCUT2D eigenvalue weighted by Crippen LogP contribution is 2.23. The molecule has 2 aromatic rings. The molecule has 0 bridgehead atoms. The van der Waals surface area contributed by atoms with Crippen LogP contribution in [-0.2, 0) is 4.79 Å². The Morgan fingerprint density at radius 1 is 1.42 bits per heavy atom. The summed E-state index contributed by atoms with van der Waals surface area (Å²) in [4.78, 5) is 37.6. The summed E-state index contributed by atoms with van der Waals surface area (Å²) in [6.07, 6.45) is 0.356. The molecule has 0 aliphatic carbocycles. The molecular weight excluding hydrogens is 413 g/mol. The van der Waals surface area contributed by atoms with Crippen molar-refractivity contribution < 1.29 is 22.8 Å². The Labute approximate surface area is 177 Å². The third kappa shape index (κ3) is 5.74. The van der Waals surface area contributed by atoms with Crippen LogP contribution in [0.5, 0.6) is 0 Å². The molecular formula is C20H25F3N6O2. The molecule has 0 saturated carbocycles. The Morgan fingerprint density at radius 3 is 2.87 bits per heavy atom. The molecule has 1 aliphatic heterocycles. The molecule has 31 heavy (non-hydrogen) atoms. The van der Waals surface area contributed by atoms with Crippen molar-refractivity contribution in [1.29, 1.82) is 0 Å². The van der Waals surface area contributed by atoms with Gasteiger partial charge in [-0.1, -0.05) is 6.58 Å². The van der Waals surface area contributed by atoms with E-state index in [4.69, 9.17) is 0 Å². The number of hydrogen-bond acceptors (Lipinski definition) is 5. The average molecular weight is 438 g/mol. The van der Waals surface area contributed by atoms with E-state index < -0.39 is 18.5 Å². The lowest BCUT2D eigenvalue weighted by Gasteiger charge is -2.37. The van der Waals surface area contributed by atoms with Gasteiger partial charge in [0.15, 0.2) is 5.65 Å². The van der Waals surface area contributed by atoms with Crippen molar-refractivity contribution in [2.45, 2.75) is 50.9 Å². The molecule has 0 aromatic carbocycles. The molecule has 1 fully saturated rings. The van der Waals surface area contributed by atoms with Crippen molar-refractivity contribution in [1.82, 2.24) is 25.2 Å². The smallest absolute Gasteiger partial charge is 0.366 e. The number of hydrogen-bond donors (Lipinski definition) is 3. The number of likely N-dealkylation sites (tertiary alicyclic amines) is 1. The number of alkyl halides is 3. The fourth-order valence-corrected chi connectivity index (χ4v) is 3.68. The number of nitrogens with one attached hydrogen (secondary N) is 3. The second kappa shape index (κ2) is 9.36. The maximum atomic E-state index is 12.4. The topological polar surface area (TPSA) is 103 Å². The normalized spacial score (nSPS) is 19.3. The number of anilines is 1. The van der Waals surface area contributed by atoms with E-state index in [1.165, 1.54) is 12.3 Å². The number of H-pyrrole nitrogens is 1. The molecule has 168 valence electrons. The van der Waals surface area contributed by atoms with Crippen LogP contribution in [0.4, 0.5) is 19.0 Å². The van der Waals surface area contributed by atoms with E-state index in [0.29, 0.717) is 23.5 Å². The molecule has 11 heteroatoms. The van der Waals surface area contributed by atoms with Gasteiger partial charge in [0, 0.05) is 37.8 Å². The van der Waals surface area contributed by atoms with Crippen molar-refractivity contribution in [3.63, 3.8) is 0 Å². The van der Waals surface area contributed by atoms with Gasteiger partial charge in [-0.05, 0) is 32.3 Å². The largest absolute Gasteiger partial charge is 0.389 e. The number of nitrogens with zero attached hydrogens (tertiary/aromatic N) is 3. The molecule has 3 rings (SSSR count). The first kappa shape index (κ1) is 22.6. The van der Waals surface area contributed by atoms with Crippen LogP contribution in [0, 0.1) is 0 Å². The zero-order chi connectivity index (χ0) is 22.6. The standard InChI is InChI=1S/C20H25F3N6O2/c1-3-16(30)29-8-5-13(9-12(29)2)27-15-11-26-18-17(28-15)14(10-25-18)19(31)24-7-4-6-20(21,22)23/h3,10-13H,1,4-9H2,2H3,(H,24,31)(H,25,26)(H,27,28). The molecule has 1 saturated heterocycles. The van der Waals surface area contributed by atoms with Crippen molar-refractivity contribution >= 4 is 28.8 Å². The quantitative estimate of drug-likeness (QED) is 0.456. The van der Waals surface area contributed by atoms with Gasteiger partial charge in [0.1, 0.15) is 11.3 Å². The highest BCUT2D eigenvalue weighted by atomic mass is 19.4. The Bertz CT molecular complexity index is 958. The van der Waals surface area contributed by atoms with E-state index in [1.807, 2.05) is 6.92 Å². The van der Waals surface area contributed by atoms with E-state index in [9.17, 15) is 22.8 Å². The molecule has 2 atom stereocenters. The Balaban J connectivity index is 1.63.